The lowest BCUT2D eigenvalue weighted by Gasteiger charge is -2.15. The molecule has 0 aromatic heterocycles. The molecule has 4 aromatic rings. The Balaban J connectivity index is 0.00000124. The van der Waals surface area contributed by atoms with Gasteiger partial charge in [-0.25, -0.2) is 0 Å². The van der Waals surface area contributed by atoms with E-state index in [1.54, 1.807) is 48.5 Å². The number of rotatable bonds is 4. The standard InChI is InChI=1S/C25H18O3.C2H6/c26-20-13-9-17(10-14-20)22-7-4-8-23(25(28)19-5-2-1-3-6-19)24(22)18-11-15-21(27)16-12-18;1-2/h1-16,26-27H;1-2H3. The summed E-state index contributed by atoms with van der Waals surface area (Å²) in [4.78, 5) is 13.3. The molecular formula is C27H24O3. The Kier molecular flexibility index (Phi) is 6.66. The van der Waals surface area contributed by atoms with Gasteiger partial charge in [-0.15, -0.1) is 0 Å². The highest BCUT2D eigenvalue weighted by Gasteiger charge is 2.18. The SMILES string of the molecule is CC.O=C(c1ccccc1)c1cccc(-c2ccc(O)cc2)c1-c1ccc(O)cc1. The van der Waals surface area contributed by atoms with E-state index in [4.69, 9.17) is 0 Å². The molecule has 3 nitrogen and oxygen atoms in total. The van der Waals surface area contributed by atoms with Crippen LogP contribution in [0, 0.1) is 0 Å². The minimum Gasteiger partial charge on any atom is -0.508 e. The summed E-state index contributed by atoms with van der Waals surface area (Å²) in [5.74, 6) is 0.289. The molecule has 0 aliphatic carbocycles. The smallest absolute Gasteiger partial charge is 0.193 e. The number of phenolic OH excluding ortho intramolecular Hbond substituents is 2. The second kappa shape index (κ2) is 9.57. The molecule has 0 radical (unpaired) electrons. The van der Waals surface area contributed by atoms with Gasteiger partial charge in [0.15, 0.2) is 5.78 Å². The van der Waals surface area contributed by atoms with Crippen LogP contribution in [0.15, 0.2) is 97.1 Å². The van der Waals surface area contributed by atoms with Gasteiger partial charge < -0.3 is 10.2 Å². The van der Waals surface area contributed by atoms with Gasteiger partial charge in [-0.05, 0) is 41.0 Å². The van der Waals surface area contributed by atoms with Crippen molar-refractivity contribution in [2.45, 2.75) is 13.8 Å². The van der Waals surface area contributed by atoms with E-state index in [2.05, 4.69) is 0 Å². The van der Waals surface area contributed by atoms with E-state index < -0.39 is 0 Å². The molecule has 0 aliphatic heterocycles. The quantitative estimate of drug-likeness (QED) is 0.378. The van der Waals surface area contributed by atoms with Crippen molar-refractivity contribution in [3.05, 3.63) is 108 Å². The number of carbonyl (C=O) groups is 1. The molecule has 4 rings (SSSR count). The Morgan fingerprint density at radius 1 is 0.600 bits per heavy atom. The molecular weight excluding hydrogens is 372 g/mol. The van der Waals surface area contributed by atoms with Gasteiger partial charge in [-0.1, -0.05) is 86.6 Å². The van der Waals surface area contributed by atoms with Gasteiger partial charge in [0.1, 0.15) is 11.5 Å². The number of ketones is 1. The minimum absolute atomic E-state index is 0.0655. The summed E-state index contributed by atoms with van der Waals surface area (Å²) in [5, 5.41) is 19.3. The first-order chi connectivity index (χ1) is 14.6. The zero-order chi connectivity index (χ0) is 21.5. The van der Waals surface area contributed by atoms with Gasteiger partial charge >= 0.3 is 0 Å². The van der Waals surface area contributed by atoms with Crippen LogP contribution >= 0.6 is 0 Å². The van der Waals surface area contributed by atoms with Gasteiger partial charge in [0.2, 0.25) is 0 Å². The van der Waals surface area contributed by atoms with Crippen molar-refractivity contribution >= 4 is 5.78 Å². The highest BCUT2D eigenvalue weighted by molar-refractivity contribution is 6.14. The molecule has 4 aromatic carbocycles. The van der Waals surface area contributed by atoms with E-state index in [0.717, 1.165) is 22.3 Å². The zero-order valence-corrected chi connectivity index (χ0v) is 17.0. The second-order valence-corrected chi connectivity index (χ2v) is 6.52. The lowest BCUT2D eigenvalue weighted by atomic mass is 9.87. The Morgan fingerprint density at radius 3 is 1.70 bits per heavy atom. The maximum Gasteiger partial charge on any atom is 0.193 e. The Hall–Kier alpha value is -3.85. The molecule has 0 fully saturated rings. The molecule has 3 heteroatoms. The summed E-state index contributed by atoms with van der Waals surface area (Å²) in [6.07, 6.45) is 0. The monoisotopic (exact) mass is 396 g/mol. The molecule has 2 N–H and O–H groups in total. The summed E-state index contributed by atoms with van der Waals surface area (Å²) in [6.45, 7) is 4.00. The van der Waals surface area contributed by atoms with Crippen LogP contribution < -0.4 is 0 Å². The number of phenols is 2. The van der Waals surface area contributed by atoms with E-state index in [1.165, 1.54) is 0 Å². The predicted octanol–water partition coefficient (Wildman–Crippen LogP) is 6.69. The molecule has 0 spiro atoms. The molecule has 0 amide bonds. The highest BCUT2D eigenvalue weighted by Crippen LogP contribution is 2.37. The Bertz CT molecular complexity index is 1110. The molecule has 0 atom stereocenters. The van der Waals surface area contributed by atoms with Gasteiger partial charge in [0, 0.05) is 16.7 Å². The Morgan fingerprint density at radius 2 is 1.13 bits per heavy atom. The molecule has 150 valence electrons. The van der Waals surface area contributed by atoms with Crippen molar-refractivity contribution in [3.8, 4) is 33.8 Å². The third-order valence-electron chi connectivity index (χ3n) is 4.68. The Labute approximate surface area is 176 Å². The molecule has 0 saturated carbocycles. The lowest BCUT2D eigenvalue weighted by molar-refractivity contribution is 0.103. The topological polar surface area (TPSA) is 57.5 Å². The number of benzene rings is 4. The van der Waals surface area contributed by atoms with Crippen molar-refractivity contribution in [1.82, 2.24) is 0 Å². The van der Waals surface area contributed by atoms with Crippen molar-refractivity contribution in [2.24, 2.45) is 0 Å². The van der Waals surface area contributed by atoms with Crippen LogP contribution in [-0.2, 0) is 0 Å². The van der Waals surface area contributed by atoms with E-state index in [1.807, 2.05) is 62.4 Å². The highest BCUT2D eigenvalue weighted by atomic mass is 16.3. The molecule has 0 bridgehead atoms. The predicted molar refractivity (Wildman–Crippen MR) is 122 cm³/mol. The average molecular weight is 396 g/mol. The molecule has 0 unspecified atom stereocenters. The van der Waals surface area contributed by atoms with E-state index in [0.29, 0.717) is 11.1 Å². The van der Waals surface area contributed by atoms with Crippen LogP contribution in [0.2, 0.25) is 0 Å². The van der Waals surface area contributed by atoms with Gasteiger partial charge in [0.25, 0.3) is 0 Å². The van der Waals surface area contributed by atoms with E-state index in [9.17, 15) is 15.0 Å². The molecule has 30 heavy (non-hydrogen) atoms. The summed E-state index contributed by atoms with van der Waals surface area (Å²) >= 11 is 0. The fraction of sp³-hybridized carbons (Fsp3) is 0.0741. The summed E-state index contributed by atoms with van der Waals surface area (Å²) in [6, 6.07) is 28.5. The van der Waals surface area contributed by atoms with Crippen LogP contribution in [0.3, 0.4) is 0 Å². The number of hydrogen-bond acceptors (Lipinski definition) is 3. The number of aromatic hydroxyl groups is 2. The average Bonchev–Trinajstić information content (AvgIpc) is 2.81. The lowest BCUT2D eigenvalue weighted by Crippen LogP contribution is -2.04. The first-order valence-electron chi connectivity index (χ1n) is 9.95. The summed E-state index contributed by atoms with van der Waals surface area (Å²) < 4.78 is 0. The van der Waals surface area contributed by atoms with Crippen LogP contribution in [-0.4, -0.2) is 16.0 Å². The van der Waals surface area contributed by atoms with Crippen molar-refractivity contribution in [1.29, 1.82) is 0 Å². The van der Waals surface area contributed by atoms with Gasteiger partial charge in [-0.2, -0.15) is 0 Å². The number of hydrogen-bond donors (Lipinski definition) is 2. The van der Waals surface area contributed by atoms with Crippen LogP contribution in [0.5, 0.6) is 11.5 Å². The fourth-order valence-corrected chi connectivity index (χ4v) is 3.31. The molecule has 0 aliphatic rings. The first kappa shape index (κ1) is 20.9. The van der Waals surface area contributed by atoms with Crippen molar-refractivity contribution in [2.75, 3.05) is 0 Å². The summed E-state index contributed by atoms with van der Waals surface area (Å²) in [5.41, 5.74) is 4.60. The number of carbonyl (C=O) groups excluding carboxylic acids is 1. The third kappa shape index (κ3) is 4.41. The maximum atomic E-state index is 13.3. The molecule has 0 heterocycles. The van der Waals surface area contributed by atoms with Gasteiger partial charge in [0.05, 0.1) is 0 Å². The second-order valence-electron chi connectivity index (χ2n) is 6.52. The van der Waals surface area contributed by atoms with E-state index in [-0.39, 0.29) is 17.3 Å². The van der Waals surface area contributed by atoms with Crippen molar-refractivity contribution < 1.29 is 15.0 Å². The van der Waals surface area contributed by atoms with Crippen LogP contribution in [0.4, 0.5) is 0 Å². The normalized spacial score (nSPS) is 10.1. The zero-order valence-electron chi connectivity index (χ0n) is 17.0. The molecule has 0 saturated heterocycles. The maximum absolute atomic E-state index is 13.3. The summed E-state index contributed by atoms with van der Waals surface area (Å²) in [7, 11) is 0. The van der Waals surface area contributed by atoms with Gasteiger partial charge in [-0.3, -0.25) is 4.79 Å². The first-order valence-corrected chi connectivity index (χ1v) is 9.95. The largest absolute Gasteiger partial charge is 0.508 e. The van der Waals surface area contributed by atoms with Crippen LogP contribution in [0.1, 0.15) is 29.8 Å². The fourth-order valence-electron chi connectivity index (χ4n) is 3.31. The van der Waals surface area contributed by atoms with Crippen molar-refractivity contribution in [3.63, 3.8) is 0 Å². The minimum atomic E-state index is -0.0655. The third-order valence-corrected chi connectivity index (χ3v) is 4.68. The van der Waals surface area contributed by atoms with Crippen LogP contribution in [0.25, 0.3) is 22.3 Å². The van der Waals surface area contributed by atoms with E-state index >= 15 is 0 Å².